The van der Waals surface area contributed by atoms with Gasteiger partial charge in [0.2, 0.25) is 0 Å². The lowest BCUT2D eigenvalue weighted by Crippen LogP contribution is -2.13. The normalized spacial score (nSPS) is 10.9. The third-order valence-corrected chi connectivity index (χ3v) is 2.84. The van der Waals surface area contributed by atoms with Crippen LogP contribution in [0.4, 0.5) is 0 Å². The van der Waals surface area contributed by atoms with Gasteiger partial charge in [-0.3, -0.25) is 0 Å². The van der Waals surface area contributed by atoms with Crippen LogP contribution in [0, 0.1) is 0 Å². The van der Waals surface area contributed by atoms with Crippen molar-refractivity contribution in [3.63, 3.8) is 0 Å². The molecular weight excluding hydrogens is 196 g/mol. The van der Waals surface area contributed by atoms with Crippen LogP contribution in [0.3, 0.4) is 0 Å². The number of aryl methyl sites for hydroxylation is 1. The largest absolute Gasteiger partial charge is 0.354 e. The Kier molecular flexibility index (Phi) is 6.98. The van der Waals surface area contributed by atoms with Crippen molar-refractivity contribution in [2.24, 2.45) is 0 Å². The summed E-state index contributed by atoms with van der Waals surface area (Å²) < 4.78 is 2.32. The second kappa shape index (κ2) is 8.40. The fraction of sp³-hybridized carbons (Fsp3) is 0.714. The molecule has 1 aromatic rings. The van der Waals surface area contributed by atoms with E-state index >= 15 is 0 Å². The molecule has 1 aromatic heterocycles. The molecule has 1 heterocycles. The van der Waals surface area contributed by atoms with Crippen LogP contribution in [0.2, 0.25) is 0 Å². The summed E-state index contributed by atoms with van der Waals surface area (Å²) in [6.45, 7) is 7.75. The second-order valence-corrected chi connectivity index (χ2v) is 4.50. The van der Waals surface area contributed by atoms with Crippen molar-refractivity contribution in [1.29, 1.82) is 0 Å². The first-order valence-corrected chi connectivity index (χ1v) is 6.72. The molecule has 16 heavy (non-hydrogen) atoms. The lowest BCUT2D eigenvalue weighted by molar-refractivity contribution is 0.582. The van der Waals surface area contributed by atoms with E-state index in [1.54, 1.807) is 0 Å². The molecule has 0 aliphatic carbocycles. The molecule has 0 radical (unpaired) electrons. The Balaban J connectivity index is 2.17. The molecule has 1 rings (SSSR count). The third kappa shape index (κ3) is 5.36. The van der Waals surface area contributed by atoms with Crippen LogP contribution >= 0.6 is 0 Å². The van der Waals surface area contributed by atoms with Crippen molar-refractivity contribution in [2.75, 3.05) is 6.54 Å². The third-order valence-electron chi connectivity index (χ3n) is 2.84. The van der Waals surface area contributed by atoms with Crippen molar-refractivity contribution >= 4 is 0 Å². The Morgan fingerprint density at radius 2 is 2.00 bits per heavy atom. The number of hydrogen-bond acceptors (Lipinski definition) is 1. The van der Waals surface area contributed by atoms with Gasteiger partial charge in [-0.15, -0.1) is 0 Å². The van der Waals surface area contributed by atoms with Gasteiger partial charge < -0.3 is 9.88 Å². The van der Waals surface area contributed by atoms with Crippen molar-refractivity contribution in [2.45, 2.75) is 59.0 Å². The maximum atomic E-state index is 3.43. The van der Waals surface area contributed by atoms with Crippen LogP contribution in [0.5, 0.6) is 0 Å². The van der Waals surface area contributed by atoms with E-state index in [4.69, 9.17) is 0 Å². The highest BCUT2D eigenvalue weighted by atomic mass is 14.9. The molecule has 0 amide bonds. The minimum atomic E-state index is 1.01. The summed E-state index contributed by atoms with van der Waals surface area (Å²) in [4.78, 5) is 0. The average Bonchev–Trinajstić information content (AvgIpc) is 2.73. The Morgan fingerprint density at radius 1 is 1.12 bits per heavy atom. The summed E-state index contributed by atoms with van der Waals surface area (Å²) in [6.07, 6.45) is 11.0. The Hall–Kier alpha value is -0.760. The zero-order valence-corrected chi connectivity index (χ0v) is 10.8. The molecule has 0 saturated heterocycles. The molecule has 0 atom stereocenters. The molecule has 2 nitrogen and oxygen atoms in total. The van der Waals surface area contributed by atoms with E-state index in [9.17, 15) is 0 Å². The molecule has 0 aliphatic rings. The Bertz CT molecular complexity index is 265. The average molecular weight is 222 g/mol. The summed E-state index contributed by atoms with van der Waals surface area (Å²) in [5, 5.41) is 3.43. The molecule has 0 aromatic carbocycles. The number of aromatic nitrogens is 1. The molecule has 0 aliphatic heterocycles. The van der Waals surface area contributed by atoms with Gasteiger partial charge in [0.05, 0.1) is 0 Å². The predicted octanol–water partition coefficient (Wildman–Crippen LogP) is 3.57. The van der Waals surface area contributed by atoms with Crippen LogP contribution in [-0.2, 0) is 13.1 Å². The lowest BCUT2D eigenvalue weighted by Gasteiger charge is -2.02. The number of rotatable bonds is 9. The fourth-order valence-electron chi connectivity index (χ4n) is 1.86. The molecule has 2 heteroatoms. The summed E-state index contributed by atoms with van der Waals surface area (Å²) in [6, 6.07) is 2.22. The number of nitrogens with zero attached hydrogens (tertiary/aromatic N) is 1. The summed E-state index contributed by atoms with van der Waals surface area (Å²) in [5.74, 6) is 0. The van der Waals surface area contributed by atoms with E-state index in [1.165, 1.54) is 44.2 Å². The molecule has 1 N–H and O–H groups in total. The van der Waals surface area contributed by atoms with Gasteiger partial charge in [0.25, 0.3) is 0 Å². The molecule has 0 spiro atoms. The van der Waals surface area contributed by atoms with Crippen LogP contribution in [-0.4, -0.2) is 11.1 Å². The Morgan fingerprint density at radius 3 is 2.75 bits per heavy atom. The molecule has 0 fully saturated rings. The smallest absolute Gasteiger partial charge is 0.0220 e. The summed E-state index contributed by atoms with van der Waals surface area (Å²) in [7, 11) is 0. The lowest BCUT2D eigenvalue weighted by atomic mass is 10.2. The predicted molar refractivity (Wildman–Crippen MR) is 70.6 cm³/mol. The fourth-order valence-corrected chi connectivity index (χ4v) is 1.86. The van der Waals surface area contributed by atoms with E-state index in [-0.39, 0.29) is 0 Å². The van der Waals surface area contributed by atoms with Gasteiger partial charge in [0.1, 0.15) is 0 Å². The summed E-state index contributed by atoms with van der Waals surface area (Å²) in [5.41, 5.74) is 1.41. The SMILES string of the molecule is CCCCCCn1ccc(CNCCC)c1. The standard InChI is InChI=1S/C14H26N2/c1-3-5-6-7-10-16-11-8-14(13-16)12-15-9-4-2/h8,11,13,15H,3-7,9-10,12H2,1-2H3. The molecule has 0 unspecified atom stereocenters. The van der Waals surface area contributed by atoms with E-state index in [1.807, 2.05) is 0 Å². The zero-order valence-electron chi connectivity index (χ0n) is 10.8. The maximum Gasteiger partial charge on any atom is 0.0220 e. The first-order valence-electron chi connectivity index (χ1n) is 6.72. The second-order valence-electron chi connectivity index (χ2n) is 4.50. The number of hydrogen-bond donors (Lipinski definition) is 1. The van der Waals surface area contributed by atoms with Crippen molar-refractivity contribution in [3.8, 4) is 0 Å². The first kappa shape index (κ1) is 13.3. The number of unbranched alkanes of at least 4 members (excludes halogenated alkanes) is 3. The highest BCUT2D eigenvalue weighted by molar-refractivity contribution is 5.09. The first-order chi connectivity index (χ1) is 7.86. The van der Waals surface area contributed by atoms with Gasteiger partial charge >= 0.3 is 0 Å². The van der Waals surface area contributed by atoms with Crippen LogP contribution in [0.15, 0.2) is 18.5 Å². The monoisotopic (exact) mass is 222 g/mol. The van der Waals surface area contributed by atoms with Crippen LogP contribution < -0.4 is 5.32 Å². The Labute approximate surface area is 100 Å². The van der Waals surface area contributed by atoms with Gasteiger partial charge in [-0.05, 0) is 31.0 Å². The van der Waals surface area contributed by atoms with E-state index in [2.05, 4.69) is 42.2 Å². The maximum absolute atomic E-state index is 3.43. The quantitative estimate of drug-likeness (QED) is 0.632. The van der Waals surface area contributed by atoms with Crippen LogP contribution in [0.25, 0.3) is 0 Å². The highest BCUT2D eigenvalue weighted by Crippen LogP contribution is 2.05. The molecule has 0 bridgehead atoms. The van der Waals surface area contributed by atoms with E-state index in [0.717, 1.165) is 13.1 Å². The van der Waals surface area contributed by atoms with Crippen molar-refractivity contribution in [3.05, 3.63) is 24.0 Å². The van der Waals surface area contributed by atoms with E-state index < -0.39 is 0 Å². The van der Waals surface area contributed by atoms with Gasteiger partial charge in [-0.1, -0.05) is 33.1 Å². The minimum absolute atomic E-state index is 1.01. The molecule has 0 saturated carbocycles. The van der Waals surface area contributed by atoms with Gasteiger partial charge in [-0.2, -0.15) is 0 Å². The molecular formula is C14H26N2. The van der Waals surface area contributed by atoms with Gasteiger partial charge in [0, 0.05) is 25.5 Å². The van der Waals surface area contributed by atoms with Gasteiger partial charge in [-0.25, -0.2) is 0 Å². The number of nitrogens with one attached hydrogen (secondary N) is 1. The summed E-state index contributed by atoms with van der Waals surface area (Å²) >= 11 is 0. The zero-order chi connectivity index (χ0) is 11.6. The highest BCUT2D eigenvalue weighted by Gasteiger charge is 1.96. The molecule has 92 valence electrons. The van der Waals surface area contributed by atoms with Gasteiger partial charge in [0.15, 0.2) is 0 Å². The minimum Gasteiger partial charge on any atom is -0.354 e. The van der Waals surface area contributed by atoms with Crippen LogP contribution in [0.1, 0.15) is 51.5 Å². The van der Waals surface area contributed by atoms with Crippen molar-refractivity contribution in [1.82, 2.24) is 9.88 Å². The van der Waals surface area contributed by atoms with Crippen molar-refractivity contribution < 1.29 is 0 Å². The van der Waals surface area contributed by atoms with E-state index in [0.29, 0.717) is 0 Å². The topological polar surface area (TPSA) is 17.0 Å².